The van der Waals surface area contributed by atoms with Gasteiger partial charge in [-0.1, -0.05) is 18.2 Å². The molecule has 0 saturated heterocycles. The first-order chi connectivity index (χ1) is 4.34. The third-order valence-electron chi connectivity index (χ3n) is 1.70. The second-order valence-electron chi connectivity index (χ2n) is 2.38. The predicted octanol–water partition coefficient (Wildman–Crippen LogP) is 1.65. The molecule has 0 heterocycles. The SMILES string of the molecule is C=C1CCCC=C1CO. The van der Waals surface area contributed by atoms with Gasteiger partial charge in [0.15, 0.2) is 0 Å². The Labute approximate surface area is 55.7 Å². The highest BCUT2D eigenvalue weighted by Gasteiger charge is 2.04. The topological polar surface area (TPSA) is 20.2 Å². The fourth-order valence-corrected chi connectivity index (χ4v) is 1.07. The minimum absolute atomic E-state index is 0.166. The van der Waals surface area contributed by atoms with Gasteiger partial charge < -0.3 is 5.11 Å². The summed E-state index contributed by atoms with van der Waals surface area (Å²) in [6.45, 7) is 4.00. The lowest BCUT2D eigenvalue weighted by molar-refractivity contribution is 0.331. The molecule has 0 fully saturated rings. The van der Waals surface area contributed by atoms with Crippen molar-refractivity contribution in [2.45, 2.75) is 19.3 Å². The highest BCUT2D eigenvalue weighted by molar-refractivity contribution is 5.30. The first kappa shape index (κ1) is 6.56. The first-order valence-corrected chi connectivity index (χ1v) is 3.32. The molecular weight excluding hydrogens is 112 g/mol. The number of aliphatic hydroxyl groups is 1. The molecule has 0 radical (unpaired) electrons. The van der Waals surface area contributed by atoms with E-state index in [1.807, 2.05) is 0 Å². The zero-order chi connectivity index (χ0) is 6.69. The number of rotatable bonds is 1. The van der Waals surface area contributed by atoms with Crippen molar-refractivity contribution < 1.29 is 5.11 Å². The summed E-state index contributed by atoms with van der Waals surface area (Å²) in [6, 6.07) is 0. The predicted molar refractivity (Wildman–Crippen MR) is 38.2 cm³/mol. The number of allylic oxidation sites excluding steroid dienone is 1. The van der Waals surface area contributed by atoms with Crippen LogP contribution < -0.4 is 0 Å². The molecule has 50 valence electrons. The highest BCUT2D eigenvalue weighted by Crippen LogP contribution is 2.20. The molecule has 1 aliphatic carbocycles. The summed E-state index contributed by atoms with van der Waals surface area (Å²) in [4.78, 5) is 0. The van der Waals surface area contributed by atoms with Gasteiger partial charge in [0.1, 0.15) is 0 Å². The van der Waals surface area contributed by atoms with E-state index in [-0.39, 0.29) is 6.61 Å². The lowest BCUT2D eigenvalue weighted by atomic mass is 9.96. The van der Waals surface area contributed by atoms with Gasteiger partial charge in [-0.15, -0.1) is 0 Å². The molecule has 0 saturated carbocycles. The van der Waals surface area contributed by atoms with Gasteiger partial charge in [-0.2, -0.15) is 0 Å². The van der Waals surface area contributed by atoms with Gasteiger partial charge >= 0.3 is 0 Å². The van der Waals surface area contributed by atoms with E-state index in [9.17, 15) is 0 Å². The first-order valence-electron chi connectivity index (χ1n) is 3.32. The monoisotopic (exact) mass is 124 g/mol. The molecule has 0 amide bonds. The molecule has 0 aliphatic heterocycles. The average molecular weight is 124 g/mol. The molecule has 0 aromatic carbocycles. The van der Waals surface area contributed by atoms with Crippen LogP contribution in [-0.4, -0.2) is 11.7 Å². The Hall–Kier alpha value is -0.560. The molecule has 0 aromatic heterocycles. The highest BCUT2D eigenvalue weighted by atomic mass is 16.3. The van der Waals surface area contributed by atoms with Crippen molar-refractivity contribution in [2.24, 2.45) is 0 Å². The Balaban J connectivity index is 2.64. The van der Waals surface area contributed by atoms with E-state index in [1.165, 1.54) is 6.42 Å². The van der Waals surface area contributed by atoms with Crippen LogP contribution in [0.25, 0.3) is 0 Å². The van der Waals surface area contributed by atoms with Crippen LogP contribution in [0, 0.1) is 0 Å². The third kappa shape index (κ3) is 1.42. The molecule has 1 heteroatoms. The summed E-state index contributed by atoms with van der Waals surface area (Å²) in [7, 11) is 0. The molecule has 0 unspecified atom stereocenters. The van der Waals surface area contributed by atoms with Crippen LogP contribution in [0.4, 0.5) is 0 Å². The van der Waals surface area contributed by atoms with Crippen molar-refractivity contribution in [3.05, 3.63) is 23.8 Å². The normalized spacial score (nSPS) is 19.7. The Morgan fingerprint density at radius 2 is 2.44 bits per heavy atom. The Morgan fingerprint density at radius 1 is 1.67 bits per heavy atom. The van der Waals surface area contributed by atoms with E-state index >= 15 is 0 Å². The number of hydrogen-bond donors (Lipinski definition) is 1. The summed E-state index contributed by atoms with van der Waals surface area (Å²) >= 11 is 0. The largest absolute Gasteiger partial charge is 0.392 e. The molecule has 1 N–H and O–H groups in total. The van der Waals surface area contributed by atoms with Crippen LogP contribution in [0.1, 0.15) is 19.3 Å². The molecule has 0 aromatic rings. The smallest absolute Gasteiger partial charge is 0.0681 e. The van der Waals surface area contributed by atoms with Crippen LogP contribution in [-0.2, 0) is 0 Å². The van der Waals surface area contributed by atoms with E-state index in [0.29, 0.717) is 0 Å². The molecule has 9 heavy (non-hydrogen) atoms. The molecule has 1 aliphatic rings. The van der Waals surface area contributed by atoms with E-state index < -0.39 is 0 Å². The van der Waals surface area contributed by atoms with Gasteiger partial charge in [0.25, 0.3) is 0 Å². The Morgan fingerprint density at radius 3 is 2.89 bits per heavy atom. The van der Waals surface area contributed by atoms with Gasteiger partial charge in [0.2, 0.25) is 0 Å². The lowest BCUT2D eigenvalue weighted by Crippen LogP contribution is -1.98. The van der Waals surface area contributed by atoms with Crippen LogP contribution in [0.2, 0.25) is 0 Å². The van der Waals surface area contributed by atoms with Crippen LogP contribution in [0.5, 0.6) is 0 Å². The summed E-state index contributed by atoms with van der Waals surface area (Å²) in [6.07, 6.45) is 5.44. The van der Waals surface area contributed by atoms with Gasteiger partial charge in [0.05, 0.1) is 6.61 Å². The minimum Gasteiger partial charge on any atom is -0.392 e. The summed E-state index contributed by atoms with van der Waals surface area (Å²) < 4.78 is 0. The maximum absolute atomic E-state index is 8.73. The number of aliphatic hydroxyl groups excluding tert-OH is 1. The standard InChI is InChI=1S/C8H12O/c1-7-4-2-3-5-8(7)6-9/h5,9H,1-4,6H2. The fourth-order valence-electron chi connectivity index (χ4n) is 1.07. The quantitative estimate of drug-likeness (QED) is 0.563. The van der Waals surface area contributed by atoms with E-state index in [1.54, 1.807) is 0 Å². The van der Waals surface area contributed by atoms with Crippen molar-refractivity contribution >= 4 is 0 Å². The molecule has 0 spiro atoms. The Kier molecular flexibility index (Phi) is 2.06. The van der Waals surface area contributed by atoms with E-state index in [4.69, 9.17) is 5.11 Å². The molecule has 0 bridgehead atoms. The molecule has 0 atom stereocenters. The maximum Gasteiger partial charge on any atom is 0.0681 e. The van der Waals surface area contributed by atoms with Crippen molar-refractivity contribution in [1.82, 2.24) is 0 Å². The fraction of sp³-hybridized carbons (Fsp3) is 0.500. The summed E-state index contributed by atoms with van der Waals surface area (Å²) in [5, 5.41) is 8.73. The van der Waals surface area contributed by atoms with Gasteiger partial charge in [-0.05, 0) is 24.8 Å². The lowest BCUT2D eigenvalue weighted by Gasteiger charge is -2.12. The van der Waals surface area contributed by atoms with E-state index in [2.05, 4.69) is 12.7 Å². The molecule has 1 rings (SSSR count). The van der Waals surface area contributed by atoms with Crippen molar-refractivity contribution in [3.63, 3.8) is 0 Å². The summed E-state index contributed by atoms with van der Waals surface area (Å²) in [5.41, 5.74) is 2.16. The van der Waals surface area contributed by atoms with Gasteiger partial charge in [-0.25, -0.2) is 0 Å². The Bertz CT molecular complexity index is 145. The molecule has 1 nitrogen and oxygen atoms in total. The second kappa shape index (κ2) is 2.83. The maximum atomic E-state index is 8.73. The second-order valence-corrected chi connectivity index (χ2v) is 2.38. The zero-order valence-electron chi connectivity index (χ0n) is 5.56. The van der Waals surface area contributed by atoms with Gasteiger partial charge in [0, 0.05) is 0 Å². The minimum atomic E-state index is 0.166. The summed E-state index contributed by atoms with van der Waals surface area (Å²) in [5.74, 6) is 0. The average Bonchev–Trinajstić information content (AvgIpc) is 1.89. The van der Waals surface area contributed by atoms with Crippen LogP contribution >= 0.6 is 0 Å². The van der Waals surface area contributed by atoms with Crippen LogP contribution in [0.3, 0.4) is 0 Å². The van der Waals surface area contributed by atoms with Gasteiger partial charge in [-0.3, -0.25) is 0 Å². The third-order valence-corrected chi connectivity index (χ3v) is 1.70. The van der Waals surface area contributed by atoms with Crippen molar-refractivity contribution in [3.8, 4) is 0 Å². The zero-order valence-corrected chi connectivity index (χ0v) is 5.56. The van der Waals surface area contributed by atoms with E-state index in [0.717, 1.165) is 24.0 Å². The van der Waals surface area contributed by atoms with Crippen molar-refractivity contribution in [1.29, 1.82) is 0 Å². The number of hydrogen-bond acceptors (Lipinski definition) is 1. The van der Waals surface area contributed by atoms with Crippen LogP contribution in [0.15, 0.2) is 23.8 Å². The van der Waals surface area contributed by atoms with Crippen molar-refractivity contribution in [2.75, 3.05) is 6.61 Å². The molecular formula is C8H12O.